The van der Waals surface area contributed by atoms with Gasteiger partial charge < -0.3 is 19.9 Å². The van der Waals surface area contributed by atoms with Crippen LogP contribution in [0.3, 0.4) is 0 Å². The van der Waals surface area contributed by atoms with Crippen molar-refractivity contribution < 1.29 is 14.2 Å². The van der Waals surface area contributed by atoms with E-state index >= 15 is 0 Å². The third kappa shape index (κ3) is 6.14. The molecule has 0 aliphatic heterocycles. The Morgan fingerprint density at radius 3 is 1.91 bits per heavy atom. The Morgan fingerprint density at radius 1 is 0.864 bits per heavy atom. The first-order chi connectivity index (χ1) is 10.8. The highest BCUT2D eigenvalue weighted by molar-refractivity contribution is 5.53. The highest BCUT2D eigenvalue weighted by Gasteiger charge is 2.13. The van der Waals surface area contributed by atoms with E-state index in [-0.39, 0.29) is 0 Å². The smallest absolute Gasteiger partial charge is 0.203 e. The second-order valence-corrected chi connectivity index (χ2v) is 5.50. The summed E-state index contributed by atoms with van der Waals surface area (Å²) in [4.78, 5) is 0. The highest BCUT2D eigenvalue weighted by Crippen LogP contribution is 2.38. The molecule has 0 aliphatic rings. The lowest BCUT2D eigenvalue weighted by atomic mass is 10.1. The molecular formula is C18H31NO3. The molecule has 0 spiro atoms. The number of unbranched alkanes of at least 4 members (excludes halogenated alkanes) is 6. The maximum Gasteiger partial charge on any atom is 0.203 e. The fourth-order valence-corrected chi connectivity index (χ4v) is 2.43. The maximum absolute atomic E-state index is 5.89. The van der Waals surface area contributed by atoms with Gasteiger partial charge in [-0.15, -0.1) is 0 Å². The van der Waals surface area contributed by atoms with E-state index in [1.807, 2.05) is 12.1 Å². The number of hydrogen-bond acceptors (Lipinski definition) is 4. The molecule has 0 saturated carbocycles. The minimum Gasteiger partial charge on any atom is -0.493 e. The lowest BCUT2D eigenvalue weighted by Gasteiger charge is -2.15. The van der Waals surface area contributed by atoms with Crippen molar-refractivity contribution in [3.63, 3.8) is 0 Å². The predicted molar refractivity (Wildman–Crippen MR) is 90.9 cm³/mol. The molecule has 0 aromatic heterocycles. The fraction of sp³-hybridized carbons (Fsp3) is 0.667. The van der Waals surface area contributed by atoms with Gasteiger partial charge in [-0.2, -0.15) is 0 Å². The third-order valence-corrected chi connectivity index (χ3v) is 3.75. The van der Waals surface area contributed by atoms with Crippen LogP contribution in [0.2, 0.25) is 0 Å². The molecule has 0 fully saturated rings. The lowest BCUT2D eigenvalue weighted by molar-refractivity contribution is 0.267. The molecule has 0 amide bonds. The van der Waals surface area contributed by atoms with Crippen LogP contribution in [0.1, 0.15) is 57.4 Å². The van der Waals surface area contributed by atoms with Crippen LogP contribution in [0, 0.1) is 0 Å². The van der Waals surface area contributed by atoms with E-state index in [0.717, 1.165) is 12.0 Å². The molecule has 0 atom stereocenters. The summed E-state index contributed by atoms with van der Waals surface area (Å²) in [5, 5.41) is 0. The van der Waals surface area contributed by atoms with E-state index in [4.69, 9.17) is 19.9 Å². The van der Waals surface area contributed by atoms with Crippen LogP contribution in [0.25, 0.3) is 0 Å². The van der Waals surface area contributed by atoms with Gasteiger partial charge in [0.15, 0.2) is 11.5 Å². The molecule has 0 bridgehead atoms. The number of benzene rings is 1. The van der Waals surface area contributed by atoms with Crippen molar-refractivity contribution >= 4 is 0 Å². The van der Waals surface area contributed by atoms with Crippen molar-refractivity contribution in [3.8, 4) is 17.2 Å². The van der Waals surface area contributed by atoms with Crippen LogP contribution in [0.15, 0.2) is 12.1 Å². The molecule has 0 aliphatic carbocycles. The normalized spacial score (nSPS) is 10.5. The van der Waals surface area contributed by atoms with E-state index in [1.165, 1.54) is 38.5 Å². The minimum absolute atomic E-state index is 0.449. The minimum atomic E-state index is 0.449. The van der Waals surface area contributed by atoms with Gasteiger partial charge in [-0.05, 0) is 24.1 Å². The zero-order valence-electron chi connectivity index (χ0n) is 14.3. The third-order valence-electron chi connectivity index (χ3n) is 3.75. The first-order valence-electron chi connectivity index (χ1n) is 8.34. The molecule has 1 rings (SSSR count). The number of hydrogen-bond donors (Lipinski definition) is 1. The fourth-order valence-electron chi connectivity index (χ4n) is 2.43. The monoisotopic (exact) mass is 309 g/mol. The summed E-state index contributed by atoms with van der Waals surface area (Å²) in [6.07, 6.45) is 8.85. The van der Waals surface area contributed by atoms with Gasteiger partial charge in [0.25, 0.3) is 0 Å². The van der Waals surface area contributed by atoms with Gasteiger partial charge in [0.05, 0.1) is 20.8 Å². The first kappa shape index (κ1) is 18.6. The summed E-state index contributed by atoms with van der Waals surface area (Å²) in [7, 11) is 3.27. The van der Waals surface area contributed by atoms with Crippen LogP contribution in [-0.4, -0.2) is 20.8 Å². The summed E-state index contributed by atoms with van der Waals surface area (Å²) in [5.41, 5.74) is 6.65. The van der Waals surface area contributed by atoms with Crippen LogP contribution in [-0.2, 0) is 6.54 Å². The number of ether oxygens (including phenoxy) is 3. The topological polar surface area (TPSA) is 53.7 Å². The first-order valence-corrected chi connectivity index (χ1v) is 8.34. The zero-order chi connectivity index (χ0) is 16.2. The predicted octanol–water partition coefficient (Wildman–Crippen LogP) is 4.29. The standard InChI is InChI=1S/C18H31NO3/c1-4-5-6-7-8-9-10-11-22-18-16(20-2)12-15(14-19)13-17(18)21-3/h12-13H,4-11,14,19H2,1-3H3. The van der Waals surface area contributed by atoms with Gasteiger partial charge in [0.2, 0.25) is 5.75 Å². The molecule has 0 saturated heterocycles. The average molecular weight is 309 g/mol. The number of methoxy groups -OCH3 is 2. The second-order valence-electron chi connectivity index (χ2n) is 5.50. The van der Waals surface area contributed by atoms with Crippen LogP contribution in [0.5, 0.6) is 17.2 Å². The molecular weight excluding hydrogens is 278 g/mol. The van der Waals surface area contributed by atoms with Gasteiger partial charge in [-0.25, -0.2) is 0 Å². The van der Waals surface area contributed by atoms with Crippen molar-refractivity contribution in [2.45, 2.75) is 58.4 Å². The Hall–Kier alpha value is -1.42. The molecule has 4 heteroatoms. The molecule has 126 valence electrons. The summed E-state index contributed by atoms with van der Waals surface area (Å²) < 4.78 is 16.7. The van der Waals surface area contributed by atoms with E-state index in [2.05, 4.69) is 6.92 Å². The maximum atomic E-state index is 5.89. The summed E-state index contributed by atoms with van der Waals surface area (Å²) in [6, 6.07) is 3.81. The summed E-state index contributed by atoms with van der Waals surface area (Å²) >= 11 is 0. The van der Waals surface area contributed by atoms with Gasteiger partial charge in [0, 0.05) is 6.54 Å². The SMILES string of the molecule is CCCCCCCCCOc1c(OC)cc(CN)cc1OC. The van der Waals surface area contributed by atoms with Crippen LogP contribution < -0.4 is 19.9 Å². The molecule has 4 nitrogen and oxygen atoms in total. The van der Waals surface area contributed by atoms with Crippen molar-refractivity contribution in [3.05, 3.63) is 17.7 Å². The summed E-state index contributed by atoms with van der Waals surface area (Å²) in [5.74, 6) is 2.04. The molecule has 0 radical (unpaired) electrons. The van der Waals surface area contributed by atoms with E-state index < -0.39 is 0 Å². The largest absolute Gasteiger partial charge is 0.493 e. The Morgan fingerprint density at radius 2 is 1.41 bits per heavy atom. The van der Waals surface area contributed by atoms with Crippen LogP contribution >= 0.6 is 0 Å². The van der Waals surface area contributed by atoms with Gasteiger partial charge in [0.1, 0.15) is 0 Å². The molecule has 0 unspecified atom stereocenters. The molecule has 1 aromatic rings. The van der Waals surface area contributed by atoms with E-state index in [9.17, 15) is 0 Å². The summed E-state index contributed by atoms with van der Waals surface area (Å²) in [6.45, 7) is 3.37. The second kappa shape index (κ2) is 11.2. The Labute approximate surface area is 134 Å². The van der Waals surface area contributed by atoms with Gasteiger partial charge in [-0.3, -0.25) is 0 Å². The quantitative estimate of drug-likeness (QED) is 0.585. The molecule has 2 N–H and O–H groups in total. The number of nitrogens with two attached hydrogens (primary N) is 1. The van der Waals surface area contributed by atoms with Crippen LogP contribution in [0.4, 0.5) is 0 Å². The number of rotatable bonds is 12. The van der Waals surface area contributed by atoms with E-state index in [1.54, 1.807) is 14.2 Å². The Kier molecular flexibility index (Phi) is 9.47. The molecule has 0 heterocycles. The average Bonchev–Trinajstić information content (AvgIpc) is 2.56. The van der Waals surface area contributed by atoms with Gasteiger partial charge >= 0.3 is 0 Å². The lowest BCUT2D eigenvalue weighted by Crippen LogP contribution is -2.04. The van der Waals surface area contributed by atoms with Crippen molar-refractivity contribution in [1.29, 1.82) is 0 Å². The van der Waals surface area contributed by atoms with Crippen molar-refractivity contribution in [1.82, 2.24) is 0 Å². The van der Waals surface area contributed by atoms with Crippen molar-refractivity contribution in [2.24, 2.45) is 5.73 Å². The molecule has 1 aromatic carbocycles. The Balaban J connectivity index is 2.44. The Bertz CT molecular complexity index is 396. The highest BCUT2D eigenvalue weighted by atomic mass is 16.5. The molecule has 22 heavy (non-hydrogen) atoms. The zero-order valence-corrected chi connectivity index (χ0v) is 14.3. The van der Waals surface area contributed by atoms with E-state index in [0.29, 0.717) is 30.4 Å². The van der Waals surface area contributed by atoms with Crippen molar-refractivity contribution in [2.75, 3.05) is 20.8 Å². The van der Waals surface area contributed by atoms with Gasteiger partial charge in [-0.1, -0.05) is 45.4 Å².